The molecule has 1 fully saturated rings. The van der Waals surface area contributed by atoms with Gasteiger partial charge in [-0.05, 0) is 79.7 Å². The van der Waals surface area contributed by atoms with Crippen LogP contribution in [0.25, 0.3) is 6.08 Å². The van der Waals surface area contributed by atoms with Gasteiger partial charge in [0.15, 0.2) is 16.6 Å². The molecule has 0 bridgehead atoms. The lowest BCUT2D eigenvalue weighted by atomic mass is 10.1. The third-order valence-electron chi connectivity index (χ3n) is 5.10. The number of hydrogen-bond donors (Lipinski definition) is 1. The summed E-state index contributed by atoms with van der Waals surface area (Å²) in [6, 6.07) is 22.7. The molecule has 3 aromatic rings. The number of thiocarbonyl (C=S) groups is 1. The molecular formula is C27H26N2O4S. The minimum absolute atomic E-state index is 0.183. The van der Waals surface area contributed by atoms with Gasteiger partial charge in [0.05, 0.1) is 18.9 Å². The summed E-state index contributed by atoms with van der Waals surface area (Å²) in [4.78, 5) is 14.3. The molecule has 7 heteroatoms. The fourth-order valence-corrected chi connectivity index (χ4v) is 3.82. The van der Waals surface area contributed by atoms with Crippen LogP contribution in [0.3, 0.4) is 0 Å². The molecule has 1 aliphatic heterocycles. The summed E-state index contributed by atoms with van der Waals surface area (Å²) in [6.07, 6.45) is 1.78. The topological polar surface area (TPSA) is 60.0 Å². The van der Waals surface area contributed by atoms with Crippen LogP contribution >= 0.6 is 12.2 Å². The van der Waals surface area contributed by atoms with Crippen molar-refractivity contribution in [2.75, 3.05) is 18.1 Å². The first kappa shape index (κ1) is 23.3. The van der Waals surface area contributed by atoms with Crippen molar-refractivity contribution in [3.8, 4) is 17.2 Å². The van der Waals surface area contributed by atoms with Gasteiger partial charge in [-0.2, -0.15) is 0 Å². The van der Waals surface area contributed by atoms with Crippen molar-refractivity contribution in [3.05, 3.63) is 89.6 Å². The normalized spacial score (nSPS) is 14.3. The summed E-state index contributed by atoms with van der Waals surface area (Å²) in [5.41, 5.74) is 3.01. The lowest BCUT2D eigenvalue weighted by molar-refractivity contribution is -0.113. The number of ether oxygens (including phenoxy) is 3. The Kier molecular flexibility index (Phi) is 7.44. The third-order valence-corrected chi connectivity index (χ3v) is 5.38. The quantitative estimate of drug-likeness (QED) is 0.334. The van der Waals surface area contributed by atoms with Gasteiger partial charge < -0.3 is 19.5 Å². The first-order valence-corrected chi connectivity index (χ1v) is 11.5. The van der Waals surface area contributed by atoms with Gasteiger partial charge in [-0.3, -0.25) is 9.69 Å². The second kappa shape index (κ2) is 10.9. The summed E-state index contributed by atoms with van der Waals surface area (Å²) in [7, 11) is 0. The van der Waals surface area contributed by atoms with E-state index in [-0.39, 0.29) is 5.91 Å². The minimum atomic E-state index is -0.183. The van der Waals surface area contributed by atoms with Crippen LogP contribution in [-0.2, 0) is 11.4 Å². The Balaban J connectivity index is 1.41. The van der Waals surface area contributed by atoms with Crippen molar-refractivity contribution in [1.29, 1.82) is 0 Å². The van der Waals surface area contributed by atoms with Crippen LogP contribution in [0.15, 0.2) is 78.5 Å². The Labute approximate surface area is 204 Å². The first-order valence-electron chi connectivity index (χ1n) is 11.1. The number of anilines is 1. The Morgan fingerprint density at radius 1 is 0.882 bits per heavy atom. The molecule has 4 rings (SSSR count). The zero-order valence-electron chi connectivity index (χ0n) is 19.1. The van der Waals surface area contributed by atoms with Gasteiger partial charge in [-0.15, -0.1) is 0 Å². The maximum Gasteiger partial charge on any atom is 0.281 e. The van der Waals surface area contributed by atoms with Crippen molar-refractivity contribution in [2.24, 2.45) is 0 Å². The molecule has 1 amide bonds. The monoisotopic (exact) mass is 474 g/mol. The van der Waals surface area contributed by atoms with Crippen molar-refractivity contribution in [1.82, 2.24) is 5.32 Å². The van der Waals surface area contributed by atoms with Crippen LogP contribution in [-0.4, -0.2) is 24.2 Å². The first-order chi connectivity index (χ1) is 16.6. The zero-order valence-corrected chi connectivity index (χ0v) is 19.9. The lowest BCUT2D eigenvalue weighted by Gasteiger charge is -2.13. The maximum absolute atomic E-state index is 12.8. The minimum Gasteiger partial charge on any atom is -0.490 e. The second-order valence-electron chi connectivity index (χ2n) is 7.47. The molecular weight excluding hydrogens is 448 g/mol. The molecule has 0 aromatic heterocycles. The molecule has 1 saturated heterocycles. The molecule has 0 atom stereocenters. The number of carbonyl (C=O) groups is 1. The standard InChI is InChI=1S/C27H26N2O4S/c1-3-31-24-15-12-20(17-25(24)32-4-2)18-33-22-13-10-19(11-14-22)16-23-26(30)29(27(34)28-23)21-8-6-5-7-9-21/h5-17H,3-4,18H2,1-2H3,(H,28,34)/b23-16+. The van der Waals surface area contributed by atoms with Gasteiger partial charge in [0.2, 0.25) is 0 Å². The fraction of sp³-hybridized carbons (Fsp3) is 0.185. The van der Waals surface area contributed by atoms with E-state index in [2.05, 4.69) is 5.32 Å². The number of para-hydroxylation sites is 1. The third kappa shape index (κ3) is 5.38. The van der Waals surface area contributed by atoms with Crippen LogP contribution in [0.2, 0.25) is 0 Å². The Hall–Kier alpha value is -3.84. The van der Waals surface area contributed by atoms with Crippen LogP contribution in [0.1, 0.15) is 25.0 Å². The molecule has 0 aliphatic carbocycles. The molecule has 1 heterocycles. The Bertz CT molecular complexity index is 1190. The summed E-state index contributed by atoms with van der Waals surface area (Å²) in [5, 5.41) is 3.37. The van der Waals surface area contributed by atoms with Gasteiger partial charge in [0, 0.05) is 0 Å². The molecule has 0 unspecified atom stereocenters. The van der Waals surface area contributed by atoms with E-state index in [0.717, 1.165) is 28.3 Å². The largest absolute Gasteiger partial charge is 0.490 e. The van der Waals surface area contributed by atoms with Crippen LogP contribution in [0.5, 0.6) is 17.2 Å². The van der Waals surface area contributed by atoms with Crippen molar-refractivity contribution in [2.45, 2.75) is 20.5 Å². The average Bonchev–Trinajstić information content (AvgIpc) is 3.13. The van der Waals surface area contributed by atoms with Crippen LogP contribution in [0, 0.1) is 0 Å². The maximum atomic E-state index is 12.8. The van der Waals surface area contributed by atoms with Crippen LogP contribution < -0.4 is 24.4 Å². The number of benzene rings is 3. The Morgan fingerprint density at radius 3 is 2.29 bits per heavy atom. The molecule has 0 saturated carbocycles. The second-order valence-corrected chi connectivity index (χ2v) is 7.86. The number of rotatable bonds is 9. The number of nitrogens with one attached hydrogen (secondary N) is 1. The van der Waals surface area contributed by atoms with Gasteiger partial charge in [0.1, 0.15) is 18.1 Å². The SMILES string of the molecule is CCOc1ccc(COc2ccc(/C=C3/NC(=S)N(c4ccccc4)C3=O)cc2)cc1OCC. The highest BCUT2D eigenvalue weighted by atomic mass is 32.1. The highest BCUT2D eigenvalue weighted by molar-refractivity contribution is 7.80. The van der Waals surface area contributed by atoms with Crippen molar-refractivity contribution in [3.63, 3.8) is 0 Å². The Morgan fingerprint density at radius 2 is 1.59 bits per heavy atom. The number of amides is 1. The predicted octanol–water partition coefficient (Wildman–Crippen LogP) is 5.33. The summed E-state index contributed by atoms with van der Waals surface area (Å²) >= 11 is 5.36. The number of carbonyl (C=O) groups excluding carboxylic acids is 1. The van der Waals surface area contributed by atoms with Gasteiger partial charge in [0.25, 0.3) is 5.91 Å². The molecule has 0 radical (unpaired) electrons. The molecule has 1 N–H and O–H groups in total. The average molecular weight is 475 g/mol. The van der Waals surface area contributed by atoms with Gasteiger partial charge >= 0.3 is 0 Å². The summed E-state index contributed by atoms with van der Waals surface area (Å²) in [6.45, 7) is 5.42. The van der Waals surface area contributed by atoms with E-state index < -0.39 is 0 Å². The van der Waals surface area contributed by atoms with E-state index in [9.17, 15) is 4.79 Å². The van der Waals surface area contributed by atoms with Crippen LogP contribution in [0.4, 0.5) is 5.69 Å². The summed E-state index contributed by atoms with van der Waals surface area (Å²) in [5.74, 6) is 1.98. The van der Waals surface area contributed by atoms with E-state index in [1.807, 2.05) is 86.6 Å². The van der Waals surface area contributed by atoms with Crippen molar-refractivity contribution < 1.29 is 19.0 Å². The molecule has 34 heavy (non-hydrogen) atoms. The van der Waals surface area contributed by atoms with E-state index in [0.29, 0.717) is 36.4 Å². The van der Waals surface area contributed by atoms with Gasteiger partial charge in [-0.25, -0.2) is 0 Å². The van der Waals surface area contributed by atoms with E-state index in [4.69, 9.17) is 26.4 Å². The fourth-order valence-electron chi connectivity index (χ4n) is 3.53. The lowest BCUT2D eigenvalue weighted by Crippen LogP contribution is -2.30. The van der Waals surface area contributed by atoms with Gasteiger partial charge in [-0.1, -0.05) is 36.4 Å². The van der Waals surface area contributed by atoms with E-state index in [1.54, 1.807) is 6.08 Å². The van der Waals surface area contributed by atoms with E-state index >= 15 is 0 Å². The molecule has 3 aromatic carbocycles. The van der Waals surface area contributed by atoms with E-state index in [1.165, 1.54) is 4.90 Å². The molecule has 0 spiro atoms. The van der Waals surface area contributed by atoms with Crippen molar-refractivity contribution >= 4 is 35.0 Å². The summed E-state index contributed by atoms with van der Waals surface area (Å²) < 4.78 is 17.2. The molecule has 174 valence electrons. The number of nitrogens with zero attached hydrogens (tertiary/aromatic N) is 1. The predicted molar refractivity (Wildman–Crippen MR) is 137 cm³/mol. The highest BCUT2D eigenvalue weighted by Gasteiger charge is 2.31. The number of hydrogen-bond acceptors (Lipinski definition) is 5. The smallest absolute Gasteiger partial charge is 0.281 e. The molecule has 6 nitrogen and oxygen atoms in total. The highest BCUT2D eigenvalue weighted by Crippen LogP contribution is 2.29. The zero-order chi connectivity index (χ0) is 23.9. The molecule has 1 aliphatic rings.